The number of benzene rings is 1. The topological polar surface area (TPSA) is 118 Å². The van der Waals surface area contributed by atoms with Crippen molar-refractivity contribution in [2.24, 2.45) is 0 Å². The molecular weight excluding hydrogens is 469 g/mol. The minimum atomic E-state index is -0.522. The van der Waals surface area contributed by atoms with Crippen LogP contribution in [0, 0.1) is 5.82 Å². The number of imide groups is 1. The van der Waals surface area contributed by atoms with E-state index in [4.69, 9.17) is 4.42 Å². The monoisotopic (exact) mass is 485 g/mol. The molecule has 0 bridgehead atoms. The lowest BCUT2D eigenvalue weighted by molar-refractivity contribution is -0.123. The summed E-state index contributed by atoms with van der Waals surface area (Å²) in [4.78, 5) is 41.8. The number of amides is 3. The van der Waals surface area contributed by atoms with E-state index in [0.29, 0.717) is 5.89 Å². The van der Waals surface area contributed by atoms with Crippen LogP contribution in [0.5, 0.6) is 0 Å². The molecule has 12 heteroatoms. The number of hydrogen-bond donors (Lipinski definition) is 1. The second kappa shape index (κ2) is 10.4. The molecule has 0 spiro atoms. The van der Waals surface area contributed by atoms with Crippen LogP contribution in [0.3, 0.4) is 0 Å². The van der Waals surface area contributed by atoms with Crippen molar-refractivity contribution in [1.82, 2.24) is 25.4 Å². The van der Waals surface area contributed by atoms with Gasteiger partial charge in [-0.3, -0.25) is 24.3 Å². The fourth-order valence-electron chi connectivity index (χ4n) is 2.79. The zero-order valence-electron chi connectivity index (χ0n) is 16.9. The summed E-state index contributed by atoms with van der Waals surface area (Å²) >= 11 is 1.80. The van der Waals surface area contributed by atoms with Gasteiger partial charge in [-0.2, -0.15) is 0 Å². The van der Waals surface area contributed by atoms with Crippen LogP contribution >= 0.6 is 23.5 Å². The first-order valence-electron chi connectivity index (χ1n) is 9.64. The Morgan fingerprint density at radius 1 is 1.18 bits per heavy atom. The standard InChI is InChI=1S/C21H16FN5O4S2/c22-15-4-2-1-3-14(15)11-16-19(29)27(21(30)33-16)10-9-24-17(28)12-32-20-26-25-18(31-20)13-5-7-23-8-6-13/h1-8,11H,9-10,12H2,(H,24,28)/b16-11-. The van der Waals surface area contributed by atoms with E-state index in [-0.39, 0.29) is 40.4 Å². The maximum atomic E-state index is 13.8. The number of aromatic nitrogens is 3. The first kappa shape index (κ1) is 22.7. The molecule has 0 saturated carbocycles. The molecule has 3 aromatic rings. The van der Waals surface area contributed by atoms with Crippen LogP contribution in [0.1, 0.15) is 5.56 Å². The van der Waals surface area contributed by atoms with Gasteiger partial charge >= 0.3 is 0 Å². The van der Waals surface area contributed by atoms with Gasteiger partial charge in [-0.25, -0.2) is 4.39 Å². The normalized spacial score (nSPS) is 14.8. The molecule has 0 atom stereocenters. The van der Waals surface area contributed by atoms with Gasteiger partial charge in [-0.05, 0) is 36.0 Å². The van der Waals surface area contributed by atoms with Gasteiger partial charge in [0.2, 0.25) is 11.8 Å². The van der Waals surface area contributed by atoms with Gasteiger partial charge in [-0.1, -0.05) is 30.0 Å². The molecule has 4 rings (SSSR count). The number of thioether (sulfide) groups is 2. The summed E-state index contributed by atoms with van der Waals surface area (Å²) in [6.07, 6.45) is 4.56. The van der Waals surface area contributed by atoms with Crippen LogP contribution in [0.15, 0.2) is 63.3 Å². The molecule has 1 N–H and O–H groups in total. The summed E-state index contributed by atoms with van der Waals surface area (Å²) in [6.45, 7) is 0.0823. The highest BCUT2D eigenvalue weighted by molar-refractivity contribution is 8.18. The second-order valence-electron chi connectivity index (χ2n) is 6.60. The van der Waals surface area contributed by atoms with Crippen LogP contribution < -0.4 is 5.32 Å². The molecule has 3 heterocycles. The van der Waals surface area contributed by atoms with Crippen LogP contribution in [0.25, 0.3) is 17.5 Å². The average Bonchev–Trinajstić information content (AvgIpc) is 3.40. The van der Waals surface area contributed by atoms with Crippen molar-refractivity contribution in [3.8, 4) is 11.5 Å². The van der Waals surface area contributed by atoms with Crippen molar-refractivity contribution in [2.45, 2.75) is 5.22 Å². The maximum Gasteiger partial charge on any atom is 0.293 e. The van der Waals surface area contributed by atoms with Gasteiger partial charge in [0.1, 0.15) is 5.82 Å². The Hall–Kier alpha value is -3.51. The molecule has 0 unspecified atom stereocenters. The Kier molecular flexibility index (Phi) is 7.15. The molecular formula is C21H16FN5O4S2. The molecule has 0 radical (unpaired) electrons. The number of pyridine rings is 1. The molecule has 1 saturated heterocycles. The van der Waals surface area contributed by atoms with Crippen molar-refractivity contribution < 1.29 is 23.2 Å². The number of halogens is 1. The van der Waals surface area contributed by atoms with Crippen molar-refractivity contribution in [1.29, 1.82) is 0 Å². The first-order valence-corrected chi connectivity index (χ1v) is 11.4. The predicted octanol–water partition coefficient (Wildman–Crippen LogP) is 3.22. The lowest BCUT2D eigenvalue weighted by atomic mass is 10.2. The van der Waals surface area contributed by atoms with E-state index >= 15 is 0 Å². The number of hydrogen-bond acceptors (Lipinski definition) is 9. The SMILES string of the molecule is O=C(CSc1nnc(-c2ccncc2)o1)NCCN1C(=O)S/C(=C\c2ccccc2F)C1=O. The third-order valence-corrected chi connectivity index (χ3v) is 6.11. The van der Waals surface area contributed by atoms with Gasteiger partial charge in [0, 0.05) is 36.6 Å². The molecule has 1 fully saturated rings. The fourth-order valence-corrected chi connectivity index (χ4v) is 4.24. The van der Waals surface area contributed by atoms with E-state index in [0.717, 1.165) is 34.0 Å². The lowest BCUT2D eigenvalue weighted by Gasteiger charge is -2.12. The lowest BCUT2D eigenvalue weighted by Crippen LogP contribution is -2.37. The highest BCUT2D eigenvalue weighted by Gasteiger charge is 2.34. The molecule has 9 nitrogen and oxygen atoms in total. The molecule has 1 aliphatic heterocycles. The van der Waals surface area contributed by atoms with Crippen LogP contribution in [0.4, 0.5) is 9.18 Å². The molecule has 33 heavy (non-hydrogen) atoms. The minimum Gasteiger partial charge on any atom is -0.411 e. The van der Waals surface area contributed by atoms with E-state index < -0.39 is 17.0 Å². The van der Waals surface area contributed by atoms with E-state index in [1.54, 1.807) is 30.6 Å². The van der Waals surface area contributed by atoms with Gasteiger partial charge < -0.3 is 9.73 Å². The van der Waals surface area contributed by atoms with Gasteiger partial charge in [0.15, 0.2) is 0 Å². The third-order valence-electron chi connectivity index (χ3n) is 4.38. The van der Waals surface area contributed by atoms with E-state index in [1.807, 2.05) is 0 Å². The summed E-state index contributed by atoms with van der Waals surface area (Å²) < 4.78 is 19.3. The van der Waals surface area contributed by atoms with Gasteiger partial charge in [0.05, 0.1) is 10.7 Å². The molecule has 3 amide bonds. The van der Waals surface area contributed by atoms with E-state index in [9.17, 15) is 18.8 Å². The van der Waals surface area contributed by atoms with E-state index in [1.165, 1.54) is 24.3 Å². The Bertz CT molecular complexity index is 1220. The van der Waals surface area contributed by atoms with Crippen molar-refractivity contribution in [3.63, 3.8) is 0 Å². The molecule has 1 aliphatic rings. The van der Waals surface area contributed by atoms with Crippen molar-refractivity contribution in [2.75, 3.05) is 18.8 Å². The quantitative estimate of drug-likeness (QED) is 0.379. The largest absolute Gasteiger partial charge is 0.411 e. The average molecular weight is 486 g/mol. The Morgan fingerprint density at radius 3 is 2.76 bits per heavy atom. The Labute approximate surface area is 195 Å². The van der Waals surface area contributed by atoms with Crippen LogP contribution in [-0.4, -0.2) is 56.0 Å². The van der Waals surface area contributed by atoms with Crippen molar-refractivity contribution in [3.05, 3.63) is 65.1 Å². The molecule has 1 aromatic carbocycles. The highest BCUT2D eigenvalue weighted by Crippen LogP contribution is 2.32. The van der Waals surface area contributed by atoms with E-state index in [2.05, 4.69) is 20.5 Å². The zero-order valence-corrected chi connectivity index (χ0v) is 18.6. The van der Waals surface area contributed by atoms with Crippen LogP contribution in [0.2, 0.25) is 0 Å². The smallest absolute Gasteiger partial charge is 0.293 e. The number of carbonyl (C=O) groups is 3. The third kappa shape index (κ3) is 5.65. The van der Waals surface area contributed by atoms with Crippen LogP contribution in [-0.2, 0) is 9.59 Å². The molecule has 2 aromatic heterocycles. The summed E-state index contributed by atoms with van der Waals surface area (Å²) in [5.41, 5.74) is 0.941. The zero-order chi connectivity index (χ0) is 23.2. The minimum absolute atomic E-state index is 0.00241. The summed E-state index contributed by atoms with van der Waals surface area (Å²) in [5, 5.41) is 10.2. The second-order valence-corrected chi connectivity index (χ2v) is 8.52. The Morgan fingerprint density at radius 2 is 1.97 bits per heavy atom. The summed E-state index contributed by atoms with van der Waals surface area (Å²) in [6, 6.07) is 9.43. The number of rotatable bonds is 8. The fraction of sp³-hybridized carbons (Fsp3) is 0.143. The van der Waals surface area contributed by atoms with Crippen molar-refractivity contribution >= 4 is 46.7 Å². The predicted molar refractivity (Wildman–Crippen MR) is 120 cm³/mol. The first-order chi connectivity index (χ1) is 16.0. The maximum absolute atomic E-state index is 13.8. The number of nitrogens with zero attached hydrogens (tertiary/aromatic N) is 4. The highest BCUT2D eigenvalue weighted by atomic mass is 32.2. The number of carbonyl (C=O) groups excluding carboxylic acids is 3. The van der Waals surface area contributed by atoms with Gasteiger partial charge in [0.25, 0.3) is 16.4 Å². The Balaban J connectivity index is 1.24. The summed E-state index contributed by atoms with van der Waals surface area (Å²) in [7, 11) is 0. The summed E-state index contributed by atoms with van der Waals surface area (Å²) in [5.74, 6) is -0.984. The van der Waals surface area contributed by atoms with Gasteiger partial charge in [-0.15, -0.1) is 10.2 Å². The molecule has 0 aliphatic carbocycles. The number of nitrogens with one attached hydrogen (secondary N) is 1. The molecule has 168 valence electrons.